The maximum atomic E-state index is 12.3. The summed E-state index contributed by atoms with van der Waals surface area (Å²) >= 11 is 5.75. The van der Waals surface area contributed by atoms with Gasteiger partial charge in [-0.05, 0) is 25.0 Å². The average molecular weight is 354 g/mol. The molecule has 1 fully saturated rings. The van der Waals surface area contributed by atoms with Gasteiger partial charge in [0.25, 0.3) is 0 Å². The van der Waals surface area contributed by atoms with Gasteiger partial charge < -0.3 is 5.73 Å². The molecule has 1 saturated carbocycles. The first kappa shape index (κ1) is 16.5. The van der Waals surface area contributed by atoms with Gasteiger partial charge in [0.05, 0.1) is 10.7 Å². The number of benzene rings is 1. The number of rotatable bonds is 4. The van der Waals surface area contributed by atoms with Crippen LogP contribution >= 0.6 is 11.6 Å². The zero-order valence-corrected chi connectivity index (χ0v) is 13.4. The number of primary sulfonamides is 1. The largest absolute Gasteiger partial charge is 0.398 e. The molecule has 0 aliphatic heterocycles. The van der Waals surface area contributed by atoms with Crippen LogP contribution in [0.1, 0.15) is 25.7 Å². The number of halogens is 1. The molecule has 118 valence electrons. The predicted molar refractivity (Wildman–Crippen MR) is 79.8 cm³/mol. The van der Waals surface area contributed by atoms with Crippen LogP contribution in [-0.2, 0) is 20.0 Å². The van der Waals surface area contributed by atoms with E-state index >= 15 is 0 Å². The van der Waals surface area contributed by atoms with Crippen molar-refractivity contribution in [3.8, 4) is 0 Å². The van der Waals surface area contributed by atoms with Crippen LogP contribution in [0.3, 0.4) is 0 Å². The fourth-order valence-electron chi connectivity index (χ4n) is 2.33. The van der Waals surface area contributed by atoms with E-state index in [0.29, 0.717) is 0 Å². The summed E-state index contributed by atoms with van der Waals surface area (Å²) in [6.45, 7) is 0. The van der Waals surface area contributed by atoms with Gasteiger partial charge in [-0.1, -0.05) is 24.4 Å². The molecule has 7 nitrogen and oxygen atoms in total. The van der Waals surface area contributed by atoms with Gasteiger partial charge in [0.15, 0.2) is 0 Å². The second-order valence-corrected chi connectivity index (χ2v) is 8.59. The van der Waals surface area contributed by atoms with Gasteiger partial charge in [-0.3, -0.25) is 0 Å². The lowest BCUT2D eigenvalue weighted by Gasteiger charge is -2.15. The first-order chi connectivity index (χ1) is 9.61. The number of nitrogens with one attached hydrogen (secondary N) is 1. The van der Waals surface area contributed by atoms with Crippen molar-refractivity contribution in [2.45, 2.75) is 41.5 Å². The Morgan fingerprint density at radius 3 is 2.19 bits per heavy atom. The van der Waals surface area contributed by atoms with Gasteiger partial charge >= 0.3 is 0 Å². The Bertz CT molecular complexity index is 756. The molecule has 5 N–H and O–H groups in total. The molecule has 1 aliphatic rings. The molecule has 21 heavy (non-hydrogen) atoms. The van der Waals surface area contributed by atoms with E-state index in [0.717, 1.165) is 37.8 Å². The number of hydrogen-bond donors (Lipinski definition) is 3. The van der Waals surface area contributed by atoms with Crippen molar-refractivity contribution in [1.82, 2.24) is 4.72 Å². The lowest BCUT2D eigenvalue weighted by Crippen LogP contribution is -2.33. The van der Waals surface area contributed by atoms with Crippen LogP contribution in [0.4, 0.5) is 5.69 Å². The van der Waals surface area contributed by atoms with Crippen molar-refractivity contribution >= 4 is 37.3 Å². The number of hydrogen-bond acceptors (Lipinski definition) is 5. The van der Waals surface area contributed by atoms with Gasteiger partial charge in [-0.15, -0.1) is 0 Å². The van der Waals surface area contributed by atoms with Crippen molar-refractivity contribution in [3.05, 3.63) is 17.2 Å². The van der Waals surface area contributed by atoms with E-state index in [1.54, 1.807) is 0 Å². The van der Waals surface area contributed by atoms with Gasteiger partial charge in [0.1, 0.15) is 9.79 Å². The highest BCUT2D eigenvalue weighted by Gasteiger charge is 2.27. The summed E-state index contributed by atoms with van der Waals surface area (Å²) < 4.78 is 50.0. The SMILES string of the molecule is Nc1cc(Cl)c(S(N)(=O)=O)cc1S(=O)(=O)NC1CCCC1. The predicted octanol–water partition coefficient (Wildman–Crippen LogP) is 0.790. The molecule has 1 aliphatic carbocycles. The van der Waals surface area contributed by atoms with Crippen LogP contribution in [0.5, 0.6) is 0 Å². The molecular formula is C11H16ClN3O4S2. The van der Waals surface area contributed by atoms with E-state index in [2.05, 4.69) is 4.72 Å². The molecule has 0 aromatic heterocycles. The molecule has 0 radical (unpaired) electrons. The molecule has 0 bridgehead atoms. The second kappa shape index (κ2) is 5.73. The van der Waals surface area contributed by atoms with Gasteiger partial charge in [0.2, 0.25) is 20.0 Å². The van der Waals surface area contributed by atoms with Crippen LogP contribution in [0, 0.1) is 0 Å². The highest BCUT2D eigenvalue weighted by atomic mass is 35.5. The summed E-state index contributed by atoms with van der Waals surface area (Å²) in [5.41, 5.74) is 5.53. The van der Waals surface area contributed by atoms with Crippen molar-refractivity contribution in [2.24, 2.45) is 5.14 Å². The Morgan fingerprint density at radius 2 is 1.67 bits per heavy atom. The van der Waals surface area contributed by atoms with E-state index in [1.165, 1.54) is 0 Å². The summed E-state index contributed by atoms with van der Waals surface area (Å²) in [5, 5.41) is 4.80. The third kappa shape index (κ3) is 3.67. The summed E-state index contributed by atoms with van der Waals surface area (Å²) in [6, 6.07) is 1.80. The fourth-order valence-corrected chi connectivity index (χ4v) is 4.95. The van der Waals surface area contributed by atoms with Gasteiger partial charge in [0, 0.05) is 6.04 Å². The van der Waals surface area contributed by atoms with E-state index < -0.39 is 24.9 Å². The third-order valence-corrected chi connectivity index (χ3v) is 6.29. The minimum absolute atomic E-state index is 0.127. The van der Waals surface area contributed by atoms with Gasteiger partial charge in [-0.25, -0.2) is 26.7 Å². The Labute approximate surface area is 128 Å². The van der Waals surface area contributed by atoms with Gasteiger partial charge in [-0.2, -0.15) is 0 Å². The van der Waals surface area contributed by atoms with E-state index in [4.69, 9.17) is 22.5 Å². The van der Waals surface area contributed by atoms with E-state index in [-0.39, 0.29) is 21.6 Å². The number of nitrogen functional groups attached to an aromatic ring is 1. The lowest BCUT2D eigenvalue weighted by atomic mass is 10.3. The van der Waals surface area contributed by atoms with Crippen LogP contribution < -0.4 is 15.6 Å². The standard InChI is InChI=1S/C11H16ClN3O4S2/c12-8-5-9(13)11(6-10(8)20(14,16)17)21(18,19)15-7-3-1-2-4-7/h5-7,15H,1-4,13H2,(H2,14,16,17). The highest BCUT2D eigenvalue weighted by molar-refractivity contribution is 7.90. The number of sulfonamides is 2. The Kier molecular flexibility index (Phi) is 4.50. The van der Waals surface area contributed by atoms with Crippen molar-refractivity contribution in [2.75, 3.05) is 5.73 Å². The first-order valence-corrected chi connectivity index (χ1v) is 9.66. The molecule has 1 aromatic carbocycles. The fraction of sp³-hybridized carbons (Fsp3) is 0.455. The molecule has 0 amide bonds. The normalized spacial score (nSPS) is 17.2. The Morgan fingerprint density at radius 1 is 1.10 bits per heavy atom. The zero-order chi connectivity index (χ0) is 15.8. The van der Waals surface area contributed by atoms with E-state index in [1.807, 2.05) is 0 Å². The maximum Gasteiger partial charge on any atom is 0.242 e. The van der Waals surface area contributed by atoms with Crippen molar-refractivity contribution < 1.29 is 16.8 Å². The highest BCUT2D eigenvalue weighted by Crippen LogP contribution is 2.30. The van der Waals surface area contributed by atoms with Crippen LogP contribution in [0.15, 0.2) is 21.9 Å². The quantitative estimate of drug-likeness (QED) is 0.688. The van der Waals surface area contributed by atoms with E-state index in [9.17, 15) is 16.8 Å². The monoisotopic (exact) mass is 353 g/mol. The molecule has 2 rings (SSSR count). The molecule has 0 unspecified atom stereocenters. The second-order valence-electron chi connectivity index (χ2n) is 4.97. The van der Waals surface area contributed by atoms with Crippen molar-refractivity contribution in [1.29, 1.82) is 0 Å². The smallest absolute Gasteiger partial charge is 0.242 e. The first-order valence-electron chi connectivity index (χ1n) is 6.25. The lowest BCUT2D eigenvalue weighted by molar-refractivity contribution is 0.552. The molecule has 0 heterocycles. The summed E-state index contributed by atoms with van der Waals surface area (Å²) in [7, 11) is -8.07. The van der Waals surface area contributed by atoms with Crippen LogP contribution in [0.2, 0.25) is 5.02 Å². The molecular weight excluding hydrogens is 338 g/mol. The molecule has 0 atom stereocenters. The summed E-state index contributed by atoms with van der Waals surface area (Å²) in [4.78, 5) is -0.798. The molecule has 10 heteroatoms. The molecule has 1 aromatic rings. The van der Waals surface area contributed by atoms with Crippen LogP contribution in [0.25, 0.3) is 0 Å². The van der Waals surface area contributed by atoms with Crippen molar-refractivity contribution in [3.63, 3.8) is 0 Å². The topological polar surface area (TPSA) is 132 Å². The minimum Gasteiger partial charge on any atom is -0.398 e. The Hall–Kier alpha value is -0.870. The Balaban J connectivity index is 2.47. The number of nitrogens with two attached hydrogens (primary N) is 2. The summed E-state index contributed by atoms with van der Waals surface area (Å²) in [5.74, 6) is 0. The minimum atomic E-state index is -4.14. The summed E-state index contributed by atoms with van der Waals surface area (Å²) in [6.07, 6.45) is 3.39. The number of anilines is 1. The maximum absolute atomic E-state index is 12.3. The molecule has 0 spiro atoms. The zero-order valence-electron chi connectivity index (χ0n) is 11.0. The third-order valence-electron chi connectivity index (χ3n) is 3.34. The average Bonchev–Trinajstić information content (AvgIpc) is 2.78. The van der Waals surface area contributed by atoms with Crippen LogP contribution in [-0.4, -0.2) is 22.9 Å². The molecule has 0 saturated heterocycles.